The van der Waals surface area contributed by atoms with Crippen molar-refractivity contribution in [1.29, 1.82) is 0 Å². The van der Waals surface area contributed by atoms with E-state index in [0.29, 0.717) is 5.92 Å². The van der Waals surface area contributed by atoms with Crippen molar-refractivity contribution in [3.05, 3.63) is 70.7 Å². The van der Waals surface area contributed by atoms with Crippen LogP contribution in [-0.4, -0.2) is 18.0 Å². The molecule has 1 heterocycles. The van der Waals surface area contributed by atoms with Crippen LogP contribution in [0, 0.1) is 5.92 Å². The van der Waals surface area contributed by atoms with Crippen molar-refractivity contribution < 1.29 is 0 Å². The predicted octanol–water partition coefficient (Wildman–Crippen LogP) is 6.63. The fourth-order valence-corrected chi connectivity index (χ4v) is 5.25. The highest BCUT2D eigenvalue weighted by Crippen LogP contribution is 2.48. The van der Waals surface area contributed by atoms with Crippen LogP contribution < -0.4 is 0 Å². The lowest BCUT2D eigenvalue weighted by molar-refractivity contribution is -0.0205. The molecule has 1 nitrogen and oxygen atoms in total. The Morgan fingerprint density at radius 1 is 1.04 bits per heavy atom. The van der Waals surface area contributed by atoms with E-state index in [2.05, 4.69) is 66.4 Å². The second kappa shape index (κ2) is 7.74. The Morgan fingerprint density at radius 2 is 1.77 bits per heavy atom. The maximum Gasteiger partial charge on any atom is 0.0460 e. The first-order valence-electron chi connectivity index (χ1n) is 10.2. The maximum atomic E-state index is 6.13. The molecule has 2 heteroatoms. The van der Waals surface area contributed by atoms with Crippen molar-refractivity contribution in [3.8, 4) is 0 Å². The van der Waals surface area contributed by atoms with Gasteiger partial charge in [0.15, 0.2) is 0 Å². The summed E-state index contributed by atoms with van der Waals surface area (Å²) in [7, 11) is 0. The highest BCUT2D eigenvalue weighted by molar-refractivity contribution is 6.30. The Balaban J connectivity index is 1.46. The number of rotatable bonds is 5. The minimum Gasteiger partial charge on any atom is -0.293 e. The summed E-state index contributed by atoms with van der Waals surface area (Å²) in [4.78, 5) is 2.81. The first kappa shape index (κ1) is 18.1. The summed E-state index contributed by atoms with van der Waals surface area (Å²) in [6.45, 7) is 4.89. The topological polar surface area (TPSA) is 3.24 Å². The van der Waals surface area contributed by atoms with Crippen molar-refractivity contribution in [2.24, 2.45) is 5.92 Å². The summed E-state index contributed by atoms with van der Waals surface area (Å²) in [6, 6.07) is 19.7. The van der Waals surface area contributed by atoms with Crippen molar-refractivity contribution in [1.82, 2.24) is 4.90 Å². The number of benzene rings is 2. The van der Waals surface area contributed by atoms with Gasteiger partial charge in [0.25, 0.3) is 0 Å². The minimum atomic E-state index is 0.277. The summed E-state index contributed by atoms with van der Waals surface area (Å²) in [5, 5.41) is 0.844. The fourth-order valence-electron chi connectivity index (χ4n) is 5.12. The van der Waals surface area contributed by atoms with Gasteiger partial charge in [0.1, 0.15) is 0 Å². The van der Waals surface area contributed by atoms with Gasteiger partial charge in [-0.2, -0.15) is 0 Å². The van der Waals surface area contributed by atoms with Gasteiger partial charge in [-0.3, -0.25) is 4.90 Å². The molecule has 2 fully saturated rings. The highest BCUT2D eigenvalue weighted by atomic mass is 35.5. The lowest BCUT2D eigenvalue weighted by Gasteiger charge is -2.53. The zero-order valence-electron chi connectivity index (χ0n) is 15.8. The summed E-state index contributed by atoms with van der Waals surface area (Å²) < 4.78 is 0. The third kappa shape index (κ3) is 3.57. The van der Waals surface area contributed by atoms with Crippen LogP contribution in [0.3, 0.4) is 0 Å². The highest BCUT2D eigenvalue weighted by Gasteiger charge is 2.45. The molecule has 26 heavy (non-hydrogen) atoms. The quantitative estimate of drug-likeness (QED) is 0.573. The second-order valence-electron chi connectivity index (χ2n) is 8.39. The summed E-state index contributed by atoms with van der Waals surface area (Å²) in [5.74, 6) is 1.46. The van der Waals surface area contributed by atoms with Crippen molar-refractivity contribution >= 4 is 11.6 Å². The van der Waals surface area contributed by atoms with Crippen LogP contribution in [0.15, 0.2) is 54.6 Å². The number of halogens is 1. The Hall–Kier alpha value is -1.31. The molecular weight excluding hydrogens is 338 g/mol. The van der Waals surface area contributed by atoms with Crippen LogP contribution in [0.5, 0.6) is 0 Å². The molecule has 2 aliphatic rings. The number of likely N-dealkylation sites (tertiary alicyclic amines) is 1. The summed E-state index contributed by atoms with van der Waals surface area (Å²) in [6.07, 6.45) is 7.97. The first-order valence-corrected chi connectivity index (χ1v) is 10.6. The van der Waals surface area contributed by atoms with Gasteiger partial charge in [0, 0.05) is 17.1 Å². The van der Waals surface area contributed by atoms with E-state index in [0.717, 1.165) is 10.9 Å². The molecule has 1 saturated heterocycles. The Labute approximate surface area is 163 Å². The Kier molecular flexibility index (Phi) is 5.38. The number of nitrogens with zero attached hydrogens (tertiary/aromatic N) is 1. The van der Waals surface area contributed by atoms with Crippen molar-refractivity contribution in [2.75, 3.05) is 13.1 Å². The van der Waals surface area contributed by atoms with E-state index in [9.17, 15) is 0 Å². The van der Waals surface area contributed by atoms with E-state index in [1.54, 1.807) is 0 Å². The normalized spacial score (nSPS) is 24.0. The molecule has 2 aromatic carbocycles. The predicted molar refractivity (Wildman–Crippen MR) is 111 cm³/mol. The van der Waals surface area contributed by atoms with Gasteiger partial charge in [0.2, 0.25) is 0 Å². The monoisotopic (exact) mass is 367 g/mol. The van der Waals surface area contributed by atoms with Crippen LogP contribution in [0.2, 0.25) is 5.02 Å². The Morgan fingerprint density at radius 3 is 2.42 bits per heavy atom. The molecule has 0 spiro atoms. The van der Waals surface area contributed by atoms with E-state index in [1.807, 2.05) is 0 Å². The van der Waals surface area contributed by atoms with E-state index >= 15 is 0 Å². The molecule has 138 valence electrons. The molecule has 0 aromatic heterocycles. The van der Waals surface area contributed by atoms with Gasteiger partial charge in [-0.1, -0.05) is 61.0 Å². The van der Waals surface area contributed by atoms with Gasteiger partial charge in [-0.25, -0.2) is 0 Å². The molecule has 4 rings (SSSR count). The van der Waals surface area contributed by atoms with Gasteiger partial charge in [-0.05, 0) is 80.2 Å². The minimum absolute atomic E-state index is 0.277. The molecule has 0 amide bonds. The summed E-state index contributed by atoms with van der Waals surface area (Å²) >= 11 is 6.13. The van der Waals surface area contributed by atoms with E-state index in [4.69, 9.17) is 11.6 Å². The molecule has 0 bridgehead atoms. The lowest BCUT2D eigenvalue weighted by atomic mass is 9.69. The first-order chi connectivity index (χ1) is 12.7. The molecule has 0 N–H and O–H groups in total. The summed E-state index contributed by atoms with van der Waals surface area (Å²) in [5.41, 5.74) is 3.24. The molecule has 2 aromatic rings. The average molecular weight is 368 g/mol. The fraction of sp³-hybridized carbons (Fsp3) is 0.500. The Bertz CT molecular complexity index is 705. The SMILES string of the molecule is CC(C[C@@H]1CCCN(C2(c3ccc(Cl)cc3)CCC2)C1)c1ccccc1. The van der Waals surface area contributed by atoms with Crippen LogP contribution in [-0.2, 0) is 5.54 Å². The number of hydrogen-bond acceptors (Lipinski definition) is 1. The molecule has 2 atom stereocenters. The van der Waals surface area contributed by atoms with Gasteiger partial charge in [0.05, 0.1) is 0 Å². The lowest BCUT2D eigenvalue weighted by Crippen LogP contribution is -2.54. The molecular formula is C24H30ClN. The zero-order chi connectivity index (χ0) is 18.0. The van der Waals surface area contributed by atoms with Crippen LogP contribution >= 0.6 is 11.6 Å². The van der Waals surface area contributed by atoms with E-state index < -0.39 is 0 Å². The van der Waals surface area contributed by atoms with Crippen molar-refractivity contribution in [2.45, 2.75) is 56.9 Å². The maximum absolute atomic E-state index is 6.13. The third-order valence-corrected chi connectivity index (χ3v) is 6.99. The van der Waals surface area contributed by atoms with Gasteiger partial charge in [-0.15, -0.1) is 0 Å². The largest absolute Gasteiger partial charge is 0.293 e. The van der Waals surface area contributed by atoms with Crippen LogP contribution in [0.1, 0.15) is 62.5 Å². The molecule has 1 aliphatic carbocycles. The van der Waals surface area contributed by atoms with E-state index in [1.165, 1.54) is 62.7 Å². The molecule has 1 aliphatic heterocycles. The van der Waals surface area contributed by atoms with Crippen LogP contribution in [0.25, 0.3) is 0 Å². The van der Waals surface area contributed by atoms with Gasteiger partial charge < -0.3 is 0 Å². The molecule has 1 unspecified atom stereocenters. The second-order valence-corrected chi connectivity index (χ2v) is 8.83. The number of piperidine rings is 1. The third-order valence-electron chi connectivity index (χ3n) is 6.74. The van der Waals surface area contributed by atoms with Gasteiger partial charge >= 0.3 is 0 Å². The van der Waals surface area contributed by atoms with E-state index in [-0.39, 0.29) is 5.54 Å². The molecule has 1 saturated carbocycles. The number of hydrogen-bond donors (Lipinski definition) is 0. The van der Waals surface area contributed by atoms with Crippen LogP contribution in [0.4, 0.5) is 0 Å². The standard InChI is InChI=1S/C24H30ClN/c1-19(21-8-3-2-4-9-21)17-20-7-5-16-26(18-20)24(14-6-15-24)22-10-12-23(25)13-11-22/h2-4,8-13,19-20H,5-7,14-18H2,1H3/t19?,20-/m0/s1. The molecule has 0 radical (unpaired) electrons. The zero-order valence-corrected chi connectivity index (χ0v) is 16.6. The van der Waals surface area contributed by atoms with Crippen molar-refractivity contribution in [3.63, 3.8) is 0 Å². The smallest absolute Gasteiger partial charge is 0.0460 e. The average Bonchev–Trinajstić information content (AvgIpc) is 2.63.